The molecule has 0 atom stereocenters. The molecule has 170 valence electrons. The van der Waals surface area contributed by atoms with Gasteiger partial charge >= 0.3 is 0 Å². The summed E-state index contributed by atoms with van der Waals surface area (Å²) in [4.78, 5) is 19.0. The second-order valence-electron chi connectivity index (χ2n) is 7.86. The van der Waals surface area contributed by atoms with Crippen molar-refractivity contribution in [3.63, 3.8) is 0 Å². The molecule has 9 heteroatoms. The molecule has 1 aromatic heterocycles. The lowest BCUT2D eigenvalue weighted by atomic mass is 10.1. The smallest absolute Gasteiger partial charge is 0.248 e. The number of ether oxygens (including phenoxy) is 1. The van der Waals surface area contributed by atoms with Crippen LogP contribution in [0.25, 0.3) is 21.0 Å². The van der Waals surface area contributed by atoms with Crippen molar-refractivity contribution in [2.24, 2.45) is 0 Å². The number of benzene rings is 3. The molecule has 3 aromatic carbocycles. The quantitative estimate of drug-likeness (QED) is 0.421. The van der Waals surface area contributed by atoms with E-state index in [2.05, 4.69) is 4.98 Å². The molecule has 33 heavy (non-hydrogen) atoms. The van der Waals surface area contributed by atoms with Crippen LogP contribution in [0.1, 0.15) is 5.01 Å². The van der Waals surface area contributed by atoms with E-state index in [0.29, 0.717) is 13.1 Å². The van der Waals surface area contributed by atoms with E-state index in [1.807, 2.05) is 54.6 Å². The summed E-state index contributed by atoms with van der Waals surface area (Å²) < 4.78 is 34.3. The highest BCUT2D eigenvalue weighted by atomic mass is 32.2. The minimum Gasteiger partial charge on any atom is -0.364 e. The third-order valence-electron chi connectivity index (χ3n) is 5.74. The first kappa shape index (κ1) is 22.0. The van der Waals surface area contributed by atoms with Crippen molar-refractivity contribution in [2.75, 3.05) is 32.8 Å². The Hall–Kier alpha value is -2.85. The van der Waals surface area contributed by atoms with Crippen molar-refractivity contribution in [3.05, 3.63) is 71.7 Å². The largest absolute Gasteiger partial charge is 0.364 e. The van der Waals surface area contributed by atoms with Gasteiger partial charge in [0.15, 0.2) is 0 Å². The second kappa shape index (κ2) is 9.18. The Morgan fingerprint density at radius 3 is 2.45 bits per heavy atom. The number of thiazole rings is 1. The van der Waals surface area contributed by atoms with E-state index in [0.717, 1.165) is 26.0 Å². The SMILES string of the molecule is O=C(COCc1nc2ccccc2s1)N1CCN(S(=O)(=O)c2ccc3ccccc3c2)CC1. The first-order valence-electron chi connectivity index (χ1n) is 10.7. The number of nitrogens with zero attached hydrogens (tertiary/aromatic N) is 3. The molecule has 1 fully saturated rings. The van der Waals surface area contributed by atoms with E-state index in [-0.39, 0.29) is 37.1 Å². The lowest BCUT2D eigenvalue weighted by Crippen LogP contribution is -2.51. The van der Waals surface area contributed by atoms with Gasteiger partial charge in [-0.05, 0) is 35.0 Å². The van der Waals surface area contributed by atoms with E-state index in [1.165, 1.54) is 4.31 Å². The van der Waals surface area contributed by atoms with Crippen LogP contribution in [-0.2, 0) is 26.2 Å². The van der Waals surface area contributed by atoms with Gasteiger partial charge in [0.25, 0.3) is 0 Å². The van der Waals surface area contributed by atoms with Gasteiger partial charge < -0.3 is 9.64 Å². The van der Waals surface area contributed by atoms with Crippen LogP contribution in [0.2, 0.25) is 0 Å². The number of amides is 1. The Morgan fingerprint density at radius 2 is 1.67 bits per heavy atom. The summed E-state index contributed by atoms with van der Waals surface area (Å²) >= 11 is 1.55. The molecule has 4 aromatic rings. The molecular formula is C24H23N3O4S2. The van der Waals surface area contributed by atoms with Crippen LogP contribution in [0.3, 0.4) is 0 Å². The predicted molar refractivity (Wildman–Crippen MR) is 129 cm³/mol. The zero-order valence-corrected chi connectivity index (χ0v) is 19.5. The Morgan fingerprint density at radius 1 is 0.939 bits per heavy atom. The summed E-state index contributed by atoms with van der Waals surface area (Å²) in [6.07, 6.45) is 0. The van der Waals surface area contributed by atoms with Gasteiger partial charge in [0.05, 0.1) is 21.7 Å². The van der Waals surface area contributed by atoms with Crippen LogP contribution in [0.4, 0.5) is 0 Å². The number of hydrogen-bond acceptors (Lipinski definition) is 6. The second-order valence-corrected chi connectivity index (χ2v) is 10.9. The number of rotatable bonds is 6. The average molecular weight is 482 g/mol. The minimum atomic E-state index is -3.61. The van der Waals surface area contributed by atoms with Crippen molar-refractivity contribution in [3.8, 4) is 0 Å². The van der Waals surface area contributed by atoms with Crippen LogP contribution >= 0.6 is 11.3 Å². The molecule has 0 radical (unpaired) electrons. The molecular weight excluding hydrogens is 458 g/mol. The third-order valence-corrected chi connectivity index (χ3v) is 8.64. The highest BCUT2D eigenvalue weighted by Crippen LogP contribution is 2.24. The fourth-order valence-corrected chi connectivity index (χ4v) is 6.32. The Kier molecular flexibility index (Phi) is 6.11. The summed E-state index contributed by atoms with van der Waals surface area (Å²) in [7, 11) is -3.61. The van der Waals surface area contributed by atoms with E-state index in [1.54, 1.807) is 28.4 Å². The molecule has 5 rings (SSSR count). The fraction of sp³-hybridized carbons (Fsp3) is 0.250. The summed E-state index contributed by atoms with van der Waals surface area (Å²) in [5, 5.41) is 2.71. The predicted octanol–water partition coefficient (Wildman–Crippen LogP) is 3.50. The first-order valence-corrected chi connectivity index (χ1v) is 13.0. The standard InChI is InChI=1S/C24H23N3O4S2/c28-24(17-31-16-23-25-21-7-3-4-8-22(21)32-23)26-11-13-27(14-12-26)33(29,30)20-10-9-18-5-1-2-6-19(18)15-20/h1-10,15H,11-14,16-17H2. The Labute approximate surface area is 196 Å². The molecule has 0 spiro atoms. The van der Waals surface area contributed by atoms with Crippen LogP contribution in [-0.4, -0.2) is 61.3 Å². The monoisotopic (exact) mass is 481 g/mol. The van der Waals surface area contributed by atoms with Gasteiger partial charge in [0, 0.05) is 26.2 Å². The Balaban J connectivity index is 1.15. The number of carbonyl (C=O) groups excluding carboxylic acids is 1. The summed E-state index contributed by atoms with van der Waals surface area (Å²) in [6, 6.07) is 20.7. The number of sulfonamides is 1. The van der Waals surface area contributed by atoms with Gasteiger partial charge in [0.2, 0.25) is 15.9 Å². The normalized spacial score (nSPS) is 15.3. The van der Waals surface area contributed by atoms with Gasteiger partial charge in [0.1, 0.15) is 11.6 Å². The van der Waals surface area contributed by atoms with Crippen LogP contribution < -0.4 is 0 Å². The van der Waals surface area contributed by atoms with Crippen molar-refractivity contribution < 1.29 is 17.9 Å². The van der Waals surface area contributed by atoms with E-state index in [9.17, 15) is 13.2 Å². The molecule has 0 N–H and O–H groups in total. The molecule has 1 aliphatic heterocycles. The highest BCUT2D eigenvalue weighted by Gasteiger charge is 2.30. The third kappa shape index (κ3) is 4.63. The highest BCUT2D eigenvalue weighted by molar-refractivity contribution is 7.89. The Bertz CT molecular complexity index is 1380. The van der Waals surface area contributed by atoms with E-state index in [4.69, 9.17) is 4.74 Å². The molecule has 1 saturated heterocycles. The number of aromatic nitrogens is 1. The molecule has 0 saturated carbocycles. The topological polar surface area (TPSA) is 79.8 Å². The van der Waals surface area contributed by atoms with Gasteiger partial charge in [-0.3, -0.25) is 4.79 Å². The lowest BCUT2D eigenvalue weighted by Gasteiger charge is -2.34. The maximum atomic E-state index is 13.1. The number of hydrogen-bond donors (Lipinski definition) is 0. The summed E-state index contributed by atoms with van der Waals surface area (Å²) in [5.41, 5.74) is 0.927. The zero-order chi connectivity index (χ0) is 22.8. The molecule has 0 aliphatic carbocycles. The molecule has 0 unspecified atom stereocenters. The number of carbonyl (C=O) groups is 1. The molecule has 7 nitrogen and oxygen atoms in total. The van der Waals surface area contributed by atoms with Crippen LogP contribution in [0, 0.1) is 0 Å². The maximum Gasteiger partial charge on any atom is 0.248 e. The van der Waals surface area contributed by atoms with Crippen molar-refractivity contribution in [1.29, 1.82) is 0 Å². The van der Waals surface area contributed by atoms with Gasteiger partial charge in [-0.1, -0.05) is 42.5 Å². The van der Waals surface area contributed by atoms with Gasteiger partial charge in [-0.25, -0.2) is 13.4 Å². The van der Waals surface area contributed by atoms with E-state index < -0.39 is 10.0 Å². The van der Waals surface area contributed by atoms with Gasteiger partial charge in [-0.15, -0.1) is 11.3 Å². The summed E-state index contributed by atoms with van der Waals surface area (Å²) in [5.74, 6) is -0.140. The van der Waals surface area contributed by atoms with Crippen molar-refractivity contribution in [2.45, 2.75) is 11.5 Å². The zero-order valence-electron chi connectivity index (χ0n) is 17.9. The van der Waals surface area contributed by atoms with Crippen LogP contribution in [0.5, 0.6) is 0 Å². The molecule has 2 heterocycles. The fourth-order valence-electron chi connectivity index (χ4n) is 3.95. The van der Waals surface area contributed by atoms with Crippen molar-refractivity contribution in [1.82, 2.24) is 14.2 Å². The summed E-state index contributed by atoms with van der Waals surface area (Å²) in [6.45, 7) is 1.44. The number of fused-ring (bicyclic) bond motifs is 2. The van der Waals surface area contributed by atoms with Crippen molar-refractivity contribution >= 4 is 48.3 Å². The first-order chi connectivity index (χ1) is 16.0. The minimum absolute atomic E-state index is 0.0483. The van der Waals surface area contributed by atoms with Crippen LogP contribution in [0.15, 0.2) is 71.6 Å². The average Bonchev–Trinajstić information content (AvgIpc) is 3.26. The van der Waals surface area contributed by atoms with E-state index >= 15 is 0 Å². The number of piperazine rings is 1. The number of para-hydroxylation sites is 1. The van der Waals surface area contributed by atoms with Gasteiger partial charge in [-0.2, -0.15) is 4.31 Å². The maximum absolute atomic E-state index is 13.1. The molecule has 1 amide bonds. The lowest BCUT2D eigenvalue weighted by molar-refractivity contribution is -0.137. The molecule has 0 bridgehead atoms. The molecule has 1 aliphatic rings.